The summed E-state index contributed by atoms with van der Waals surface area (Å²) in [6, 6.07) is 21.6. The number of ether oxygens (including phenoxy) is 3. The summed E-state index contributed by atoms with van der Waals surface area (Å²) in [5, 5.41) is 17.3. The van der Waals surface area contributed by atoms with Gasteiger partial charge in [-0.1, -0.05) is 42.5 Å². The third kappa shape index (κ3) is 9.84. The normalized spacial score (nSPS) is 14.2. The van der Waals surface area contributed by atoms with Crippen molar-refractivity contribution in [2.75, 3.05) is 38.7 Å². The lowest BCUT2D eigenvalue weighted by Gasteiger charge is -2.30. The maximum atomic E-state index is 13.6. The van der Waals surface area contributed by atoms with Crippen molar-refractivity contribution >= 4 is 35.2 Å². The molecule has 0 saturated carbocycles. The van der Waals surface area contributed by atoms with Crippen molar-refractivity contribution in [2.45, 2.75) is 33.2 Å². The van der Waals surface area contributed by atoms with Gasteiger partial charge in [-0.2, -0.15) is 0 Å². The van der Waals surface area contributed by atoms with E-state index in [2.05, 4.69) is 10.6 Å². The van der Waals surface area contributed by atoms with Gasteiger partial charge in [-0.15, -0.1) is 0 Å². The second kappa shape index (κ2) is 16.8. The molecule has 1 aliphatic rings. The quantitative estimate of drug-likeness (QED) is 0.0790. The van der Waals surface area contributed by atoms with Crippen LogP contribution in [0.2, 0.25) is 0 Å². The van der Waals surface area contributed by atoms with Gasteiger partial charge in [0.2, 0.25) is 5.91 Å². The van der Waals surface area contributed by atoms with Crippen molar-refractivity contribution in [3.05, 3.63) is 128 Å². The SMILES string of the molecule is CC(=O)Nc1ccc(C(=O)OCCOC(=O)C2=C(C)NC(C)=C(C(=O)OCCN(C)Cc3ccccc3)C2c2cccc([N+](=O)[O-])c2)cc1. The summed E-state index contributed by atoms with van der Waals surface area (Å²) >= 11 is 0. The first kappa shape index (κ1) is 36.0. The molecule has 1 heterocycles. The van der Waals surface area contributed by atoms with Crippen LogP contribution < -0.4 is 10.6 Å². The highest BCUT2D eigenvalue weighted by atomic mass is 16.6. The number of dihydropyridines is 1. The molecule has 0 fully saturated rings. The van der Waals surface area contributed by atoms with Crippen LogP contribution in [0, 0.1) is 10.1 Å². The van der Waals surface area contributed by atoms with Gasteiger partial charge >= 0.3 is 17.9 Å². The molecule has 0 radical (unpaired) electrons. The number of amides is 1. The number of anilines is 1. The third-order valence-electron chi connectivity index (χ3n) is 7.61. The summed E-state index contributed by atoms with van der Waals surface area (Å²) in [4.78, 5) is 64.0. The number of carbonyl (C=O) groups is 4. The minimum Gasteiger partial charge on any atom is -0.461 e. The summed E-state index contributed by atoms with van der Waals surface area (Å²) in [6.45, 7) is 5.24. The van der Waals surface area contributed by atoms with Gasteiger partial charge in [0.1, 0.15) is 19.8 Å². The highest BCUT2D eigenvalue weighted by molar-refractivity contribution is 6.00. The van der Waals surface area contributed by atoms with Crippen molar-refractivity contribution in [3.8, 4) is 0 Å². The monoisotopic (exact) mass is 670 g/mol. The first-order valence-corrected chi connectivity index (χ1v) is 15.5. The molecule has 49 heavy (non-hydrogen) atoms. The largest absolute Gasteiger partial charge is 0.461 e. The Morgan fingerprint density at radius 1 is 0.816 bits per heavy atom. The minimum absolute atomic E-state index is 0.0548. The predicted molar refractivity (Wildman–Crippen MR) is 180 cm³/mol. The fraction of sp³-hybridized carbons (Fsp3) is 0.278. The van der Waals surface area contributed by atoms with Crippen LogP contribution in [0.15, 0.2) is 101 Å². The van der Waals surface area contributed by atoms with Crippen LogP contribution in [-0.4, -0.2) is 67.1 Å². The second-order valence-corrected chi connectivity index (χ2v) is 11.4. The fourth-order valence-electron chi connectivity index (χ4n) is 5.36. The topological polar surface area (TPSA) is 166 Å². The highest BCUT2D eigenvalue weighted by Crippen LogP contribution is 2.40. The van der Waals surface area contributed by atoms with Gasteiger partial charge in [-0.05, 0) is 56.3 Å². The first-order valence-electron chi connectivity index (χ1n) is 15.5. The van der Waals surface area contributed by atoms with Crippen molar-refractivity contribution in [1.29, 1.82) is 0 Å². The molecular weight excluding hydrogens is 632 g/mol. The molecule has 0 aromatic heterocycles. The molecule has 3 aromatic rings. The highest BCUT2D eigenvalue weighted by Gasteiger charge is 2.38. The summed E-state index contributed by atoms with van der Waals surface area (Å²) in [5.74, 6) is -3.45. The molecule has 1 aliphatic heterocycles. The Bertz CT molecular complexity index is 1770. The molecule has 2 N–H and O–H groups in total. The van der Waals surface area contributed by atoms with Crippen LogP contribution in [0.5, 0.6) is 0 Å². The third-order valence-corrected chi connectivity index (χ3v) is 7.61. The van der Waals surface area contributed by atoms with Crippen molar-refractivity contribution in [3.63, 3.8) is 0 Å². The van der Waals surface area contributed by atoms with Crippen molar-refractivity contribution in [1.82, 2.24) is 10.2 Å². The lowest BCUT2D eigenvalue weighted by molar-refractivity contribution is -0.384. The van der Waals surface area contributed by atoms with Crippen LogP contribution in [0.1, 0.15) is 48.2 Å². The molecule has 1 atom stereocenters. The van der Waals surface area contributed by atoms with Gasteiger partial charge in [0.05, 0.1) is 27.6 Å². The van der Waals surface area contributed by atoms with Crippen molar-refractivity contribution < 1.29 is 38.3 Å². The van der Waals surface area contributed by atoms with E-state index in [-0.39, 0.29) is 48.1 Å². The minimum atomic E-state index is -1.05. The number of rotatable bonds is 14. The van der Waals surface area contributed by atoms with Crippen molar-refractivity contribution in [2.24, 2.45) is 0 Å². The number of hydrogen-bond acceptors (Lipinski definition) is 11. The van der Waals surface area contributed by atoms with Gasteiger partial charge in [0.15, 0.2) is 0 Å². The van der Waals surface area contributed by atoms with E-state index in [0.717, 1.165) is 5.56 Å². The number of nitro benzene ring substituents is 1. The number of allylic oxidation sites excluding steroid dienone is 2. The van der Waals surface area contributed by atoms with E-state index < -0.39 is 28.7 Å². The Labute approximate surface area is 283 Å². The molecule has 1 amide bonds. The lowest BCUT2D eigenvalue weighted by Crippen LogP contribution is -2.33. The van der Waals surface area contributed by atoms with E-state index in [1.165, 1.54) is 37.3 Å². The van der Waals surface area contributed by atoms with E-state index in [1.54, 1.807) is 32.0 Å². The predicted octanol–water partition coefficient (Wildman–Crippen LogP) is 4.86. The maximum Gasteiger partial charge on any atom is 0.338 e. The Kier molecular flexibility index (Phi) is 12.4. The van der Waals surface area contributed by atoms with Crippen LogP contribution >= 0.6 is 0 Å². The number of hydrogen-bond donors (Lipinski definition) is 2. The zero-order chi connectivity index (χ0) is 35.5. The summed E-state index contributed by atoms with van der Waals surface area (Å²) < 4.78 is 16.4. The van der Waals surface area contributed by atoms with Crippen LogP contribution in [-0.2, 0) is 35.1 Å². The van der Waals surface area contributed by atoms with Crippen LogP contribution in [0.25, 0.3) is 0 Å². The van der Waals surface area contributed by atoms with E-state index in [1.807, 2.05) is 42.3 Å². The van der Waals surface area contributed by atoms with Crippen LogP contribution in [0.4, 0.5) is 11.4 Å². The standard InChI is InChI=1S/C36H38N4O9/c1-23-31(35(43)47-18-17-39(4)22-26-9-6-5-7-10-26)33(28-11-8-12-30(21-28)40(45)46)32(24(2)37-23)36(44)49-20-19-48-34(42)27-13-15-29(16-14-27)38-25(3)41/h5-16,21,33,37H,17-20,22H2,1-4H3,(H,38,41). The number of esters is 3. The molecule has 3 aromatic carbocycles. The Hall–Kier alpha value is -5.82. The lowest BCUT2D eigenvalue weighted by atomic mass is 9.80. The molecule has 0 spiro atoms. The van der Waals surface area contributed by atoms with E-state index in [4.69, 9.17) is 14.2 Å². The number of nitrogens with zero attached hydrogens (tertiary/aromatic N) is 2. The number of nitro groups is 1. The van der Waals surface area contributed by atoms with E-state index in [0.29, 0.717) is 35.7 Å². The molecule has 0 bridgehead atoms. The Balaban J connectivity index is 1.46. The zero-order valence-corrected chi connectivity index (χ0v) is 27.7. The molecule has 0 saturated heterocycles. The Morgan fingerprint density at radius 3 is 2.00 bits per heavy atom. The number of nitrogens with one attached hydrogen (secondary N) is 2. The molecule has 0 aliphatic carbocycles. The van der Waals surface area contributed by atoms with Gasteiger partial charge < -0.3 is 24.8 Å². The van der Waals surface area contributed by atoms with E-state index in [9.17, 15) is 29.3 Å². The number of benzene rings is 3. The first-order chi connectivity index (χ1) is 23.4. The zero-order valence-electron chi connectivity index (χ0n) is 27.7. The molecule has 13 nitrogen and oxygen atoms in total. The average Bonchev–Trinajstić information content (AvgIpc) is 3.06. The van der Waals surface area contributed by atoms with E-state index >= 15 is 0 Å². The molecule has 1 unspecified atom stereocenters. The van der Waals surface area contributed by atoms with Gasteiger partial charge in [0, 0.05) is 49.2 Å². The maximum absolute atomic E-state index is 13.6. The molecule has 256 valence electrons. The average molecular weight is 671 g/mol. The number of likely N-dealkylation sites (N-methyl/N-ethyl adjacent to an activating group) is 1. The van der Waals surface area contributed by atoms with Gasteiger partial charge in [-0.25, -0.2) is 14.4 Å². The smallest absolute Gasteiger partial charge is 0.338 e. The van der Waals surface area contributed by atoms with Gasteiger partial charge in [0.25, 0.3) is 5.69 Å². The number of non-ortho nitro benzene ring substituents is 1. The molecular formula is C36H38N4O9. The second-order valence-electron chi connectivity index (χ2n) is 11.4. The fourth-order valence-corrected chi connectivity index (χ4v) is 5.36. The Morgan fingerprint density at radius 2 is 1.41 bits per heavy atom. The summed E-state index contributed by atoms with van der Waals surface area (Å²) in [7, 11) is 1.90. The van der Waals surface area contributed by atoms with Gasteiger partial charge in [-0.3, -0.25) is 19.8 Å². The number of carbonyl (C=O) groups excluding carboxylic acids is 4. The summed E-state index contributed by atoms with van der Waals surface area (Å²) in [5.41, 5.74) is 2.93. The molecule has 13 heteroatoms. The van der Waals surface area contributed by atoms with Crippen LogP contribution in [0.3, 0.4) is 0 Å². The summed E-state index contributed by atoms with van der Waals surface area (Å²) in [6.07, 6.45) is 0. The molecule has 4 rings (SSSR count).